The normalized spacial score (nSPS) is 12.3. The summed E-state index contributed by atoms with van der Waals surface area (Å²) in [5.74, 6) is 0. The zero-order valence-corrected chi connectivity index (χ0v) is 8.61. The average molecular weight is 218 g/mol. The molecule has 0 aliphatic rings. The van der Waals surface area contributed by atoms with Crippen LogP contribution < -0.4 is 0 Å². The lowest BCUT2D eigenvalue weighted by Crippen LogP contribution is -1.88. The predicted octanol–water partition coefficient (Wildman–Crippen LogP) is 1.99. The number of aromatic nitrogens is 1. The van der Waals surface area contributed by atoms with E-state index in [1.165, 1.54) is 0 Å². The summed E-state index contributed by atoms with van der Waals surface area (Å²) in [5.41, 5.74) is 1.93. The first-order chi connectivity index (χ1) is 7.27. The first kappa shape index (κ1) is 10.0. The Hall–Kier alpha value is -1.52. The monoisotopic (exact) mass is 218 g/mol. The number of nitrogens with zero attached hydrogens (tertiary/aromatic N) is 1. The molecule has 0 saturated carbocycles. The summed E-state index contributed by atoms with van der Waals surface area (Å²) in [6.45, 7) is 0. The zero-order valence-electron chi connectivity index (χ0n) is 7.79. The van der Waals surface area contributed by atoms with E-state index in [9.17, 15) is 8.76 Å². The zero-order chi connectivity index (χ0) is 10.7. The standard InChI is InChI=1S/C11H9NO2S/c13-15(14)11-5-3-9(4-6-11)10-2-1-7-12-8-10/h1-8H,(H,13,14)/p-1. The van der Waals surface area contributed by atoms with Crippen molar-refractivity contribution < 1.29 is 8.76 Å². The Bertz CT molecular complexity index is 468. The second kappa shape index (κ2) is 4.33. The number of hydrogen-bond donors (Lipinski definition) is 0. The van der Waals surface area contributed by atoms with Gasteiger partial charge in [0.1, 0.15) is 0 Å². The first-order valence-electron chi connectivity index (χ1n) is 4.37. The second-order valence-corrected chi connectivity index (χ2v) is 3.94. The smallest absolute Gasteiger partial charge is 0.0346 e. The fourth-order valence-electron chi connectivity index (χ4n) is 1.29. The minimum Gasteiger partial charge on any atom is -0.768 e. The molecule has 1 aromatic carbocycles. The van der Waals surface area contributed by atoms with Crippen LogP contribution in [0.5, 0.6) is 0 Å². The van der Waals surface area contributed by atoms with Crippen molar-refractivity contribution >= 4 is 11.1 Å². The number of pyridine rings is 1. The molecular weight excluding hydrogens is 210 g/mol. The first-order valence-corrected chi connectivity index (χ1v) is 5.44. The summed E-state index contributed by atoms with van der Waals surface area (Å²) in [5, 5.41) is 0. The maximum Gasteiger partial charge on any atom is 0.0346 e. The SMILES string of the molecule is O=S([O-])c1ccc(-c2cccnc2)cc1. The van der Waals surface area contributed by atoms with Crippen molar-refractivity contribution in [3.63, 3.8) is 0 Å². The van der Waals surface area contributed by atoms with E-state index < -0.39 is 11.1 Å². The largest absolute Gasteiger partial charge is 0.768 e. The summed E-state index contributed by atoms with van der Waals surface area (Å²) in [7, 11) is 0. The molecule has 0 fully saturated rings. The van der Waals surface area contributed by atoms with Crippen LogP contribution in [0.25, 0.3) is 11.1 Å². The van der Waals surface area contributed by atoms with E-state index in [2.05, 4.69) is 4.98 Å². The van der Waals surface area contributed by atoms with Gasteiger partial charge in [0, 0.05) is 17.3 Å². The Labute approximate surface area is 90.1 Å². The van der Waals surface area contributed by atoms with Gasteiger partial charge >= 0.3 is 0 Å². The molecular formula is C11H8NO2S-. The lowest BCUT2D eigenvalue weighted by Gasteiger charge is -2.06. The predicted molar refractivity (Wildman–Crippen MR) is 56.9 cm³/mol. The molecule has 0 amide bonds. The highest BCUT2D eigenvalue weighted by Gasteiger charge is 1.97. The van der Waals surface area contributed by atoms with Crippen molar-refractivity contribution in [1.82, 2.24) is 4.98 Å². The lowest BCUT2D eigenvalue weighted by molar-refractivity contribution is 0.537. The van der Waals surface area contributed by atoms with E-state index in [0.717, 1.165) is 11.1 Å². The molecule has 1 aromatic heterocycles. The van der Waals surface area contributed by atoms with Gasteiger partial charge in [-0.2, -0.15) is 0 Å². The third-order valence-electron chi connectivity index (χ3n) is 2.04. The van der Waals surface area contributed by atoms with Crippen molar-refractivity contribution in [1.29, 1.82) is 0 Å². The Morgan fingerprint density at radius 2 is 1.80 bits per heavy atom. The Balaban J connectivity index is 2.36. The third-order valence-corrected chi connectivity index (χ3v) is 2.70. The van der Waals surface area contributed by atoms with Crippen LogP contribution in [-0.2, 0) is 11.1 Å². The minimum absolute atomic E-state index is 0.294. The highest BCUT2D eigenvalue weighted by atomic mass is 32.2. The van der Waals surface area contributed by atoms with Crippen molar-refractivity contribution in [2.24, 2.45) is 0 Å². The van der Waals surface area contributed by atoms with Crippen LogP contribution in [0.2, 0.25) is 0 Å². The van der Waals surface area contributed by atoms with Crippen LogP contribution in [0.3, 0.4) is 0 Å². The molecule has 0 saturated heterocycles. The highest BCUT2D eigenvalue weighted by molar-refractivity contribution is 7.79. The number of hydrogen-bond acceptors (Lipinski definition) is 3. The molecule has 3 nitrogen and oxygen atoms in total. The van der Waals surface area contributed by atoms with Gasteiger partial charge in [-0.1, -0.05) is 18.2 Å². The van der Waals surface area contributed by atoms with Crippen molar-refractivity contribution in [2.45, 2.75) is 4.90 Å². The number of benzene rings is 1. The quantitative estimate of drug-likeness (QED) is 0.724. The minimum atomic E-state index is -2.16. The van der Waals surface area contributed by atoms with Gasteiger partial charge in [0.25, 0.3) is 0 Å². The van der Waals surface area contributed by atoms with Crippen LogP contribution in [0.15, 0.2) is 53.7 Å². The van der Waals surface area contributed by atoms with Crippen molar-refractivity contribution in [3.8, 4) is 11.1 Å². The molecule has 1 atom stereocenters. The van der Waals surface area contributed by atoms with E-state index in [1.54, 1.807) is 36.7 Å². The topological polar surface area (TPSA) is 53.0 Å². The van der Waals surface area contributed by atoms with Crippen LogP contribution in [-0.4, -0.2) is 13.7 Å². The molecule has 0 N–H and O–H groups in total. The summed E-state index contributed by atoms with van der Waals surface area (Å²) in [6.07, 6.45) is 3.44. The summed E-state index contributed by atoms with van der Waals surface area (Å²) >= 11 is -2.16. The molecule has 0 aliphatic heterocycles. The van der Waals surface area contributed by atoms with Gasteiger partial charge in [0.05, 0.1) is 0 Å². The lowest BCUT2D eigenvalue weighted by atomic mass is 10.1. The molecule has 2 aromatic rings. The van der Waals surface area contributed by atoms with Crippen molar-refractivity contribution in [2.75, 3.05) is 0 Å². The molecule has 0 spiro atoms. The van der Waals surface area contributed by atoms with Crippen LogP contribution in [0.4, 0.5) is 0 Å². The molecule has 1 heterocycles. The summed E-state index contributed by atoms with van der Waals surface area (Å²) in [6, 6.07) is 10.5. The van der Waals surface area contributed by atoms with Gasteiger partial charge in [-0.3, -0.25) is 9.19 Å². The van der Waals surface area contributed by atoms with Crippen LogP contribution in [0, 0.1) is 0 Å². The average Bonchev–Trinajstić information content (AvgIpc) is 2.30. The maximum atomic E-state index is 10.6. The molecule has 0 bridgehead atoms. The third kappa shape index (κ3) is 2.29. The van der Waals surface area contributed by atoms with E-state index in [-0.39, 0.29) is 0 Å². The Morgan fingerprint density at radius 1 is 1.07 bits per heavy atom. The van der Waals surface area contributed by atoms with Gasteiger partial charge in [-0.25, -0.2) is 0 Å². The molecule has 76 valence electrons. The molecule has 2 rings (SSSR count). The van der Waals surface area contributed by atoms with Gasteiger partial charge in [-0.15, -0.1) is 0 Å². The van der Waals surface area contributed by atoms with Gasteiger partial charge in [0.15, 0.2) is 0 Å². The fourth-order valence-corrected chi connectivity index (χ4v) is 1.65. The maximum absolute atomic E-state index is 10.6. The molecule has 0 radical (unpaired) electrons. The second-order valence-electron chi connectivity index (χ2n) is 3.00. The highest BCUT2D eigenvalue weighted by Crippen LogP contribution is 2.19. The molecule has 1 unspecified atom stereocenters. The van der Waals surface area contributed by atoms with Gasteiger partial charge < -0.3 is 4.55 Å². The molecule has 4 heteroatoms. The van der Waals surface area contributed by atoms with E-state index in [0.29, 0.717) is 4.90 Å². The molecule has 15 heavy (non-hydrogen) atoms. The van der Waals surface area contributed by atoms with Gasteiger partial charge in [0.2, 0.25) is 0 Å². The van der Waals surface area contributed by atoms with Crippen LogP contribution in [0.1, 0.15) is 0 Å². The van der Waals surface area contributed by atoms with Gasteiger partial charge in [-0.05, 0) is 40.4 Å². The Morgan fingerprint density at radius 3 is 2.33 bits per heavy atom. The van der Waals surface area contributed by atoms with E-state index >= 15 is 0 Å². The van der Waals surface area contributed by atoms with Crippen LogP contribution >= 0.6 is 0 Å². The summed E-state index contributed by atoms with van der Waals surface area (Å²) in [4.78, 5) is 4.29. The fraction of sp³-hybridized carbons (Fsp3) is 0. The van der Waals surface area contributed by atoms with E-state index in [1.807, 2.05) is 12.1 Å². The molecule has 0 aliphatic carbocycles. The Kier molecular flexibility index (Phi) is 2.89. The van der Waals surface area contributed by atoms with Crippen molar-refractivity contribution in [3.05, 3.63) is 48.8 Å². The number of rotatable bonds is 2. The summed E-state index contributed by atoms with van der Waals surface area (Å²) < 4.78 is 21.3. The van der Waals surface area contributed by atoms with E-state index in [4.69, 9.17) is 0 Å².